The Labute approximate surface area is 175 Å². The van der Waals surface area contributed by atoms with Gasteiger partial charge in [0.05, 0.1) is 21.3 Å². The Morgan fingerprint density at radius 1 is 1.34 bits per heavy atom. The number of hydrogen-bond donors (Lipinski definition) is 2. The van der Waals surface area contributed by atoms with E-state index in [0.717, 1.165) is 16.7 Å². The van der Waals surface area contributed by atoms with E-state index in [1.165, 1.54) is 0 Å². The van der Waals surface area contributed by atoms with Gasteiger partial charge in [-0.15, -0.1) is 0 Å². The van der Waals surface area contributed by atoms with Gasteiger partial charge in [0.1, 0.15) is 23.7 Å². The fourth-order valence-electron chi connectivity index (χ4n) is 3.23. The van der Waals surface area contributed by atoms with Gasteiger partial charge in [0.25, 0.3) is 0 Å². The van der Waals surface area contributed by atoms with Crippen LogP contribution in [0.1, 0.15) is 34.9 Å². The third-order valence-corrected chi connectivity index (χ3v) is 5.22. The molecular weight excluding hydrogens is 436 g/mol. The summed E-state index contributed by atoms with van der Waals surface area (Å²) in [5, 5.41) is 27.8. The molecule has 1 heterocycles. The first-order chi connectivity index (χ1) is 13.8. The summed E-state index contributed by atoms with van der Waals surface area (Å²) in [6.45, 7) is 3.17. The van der Waals surface area contributed by atoms with Gasteiger partial charge in [-0.3, -0.25) is 0 Å². The van der Waals surface area contributed by atoms with E-state index < -0.39 is 12.6 Å². The molecule has 0 radical (unpaired) electrons. The summed E-state index contributed by atoms with van der Waals surface area (Å²) >= 11 is 3.38. The largest absolute Gasteiger partial charge is 0.481 e. The number of nitriles is 2. The second-order valence-corrected chi connectivity index (χ2v) is 7.23. The van der Waals surface area contributed by atoms with E-state index in [1.807, 2.05) is 13.0 Å². The van der Waals surface area contributed by atoms with Crippen molar-refractivity contribution in [2.45, 2.75) is 13.8 Å². The minimum absolute atomic E-state index is 0.105. The topological polar surface area (TPSA) is 133 Å². The van der Waals surface area contributed by atoms with Crippen molar-refractivity contribution in [1.82, 2.24) is 4.98 Å². The molecule has 1 aromatic carbocycles. The van der Waals surface area contributed by atoms with Crippen LogP contribution in [0.2, 0.25) is 0 Å². The van der Waals surface area contributed by atoms with E-state index in [2.05, 4.69) is 33.1 Å². The maximum absolute atomic E-state index is 10.7. The van der Waals surface area contributed by atoms with Crippen LogP contribution >= 0.6 is 15.9 Å². The van der Waals surface area contributed by atoms with E-state index in [0.29, 0.717) is 38.2 Å². The number of allylic oxidation sites excluding steroid dienone is 3. The zero-order valence-electron chi connectivity index (χ0n) is 15.6. The number of aliphatic carboxylic acids is 1. The number of nitrogen functional groups attached to an aromatic ring is 1. The van der Waals surface area contributed by atoms with E-state index in [4.69, 9.17) is 15.6 Å². The molecule has 0 saturated heterocycles. The number of nitrogens with two attached hydrogens (primary N) is 1. The van der Waals surface area contributed by atoms with Crippen molar-refractivity contribution in [2.24, 2.45) is 0 Å². The van der Waals surface area contributed by atoms with Crippen LogP contribution in [-0.2, 0) is 4.79 Å². The highest BCUT2D eigenvalue weighted by atomic mass is 79.9. The number of hydrogen-bond acceptors (Lipinski definition) is 6. The number of carboxylic acid groups (broad SMARTS) is 1. The van der Waals surface area contributed by atoms with Crippen molar-refractivity contribution in [3.8, 4) is 17.9 Å². The minimum Gasteiger partial charge on any atom is -0.481 e. The summed E-state index contributed by atoms with van der Waals surface area (Å²) in [6.07, 6.45) is 1.89. The molecular formula is C21H15BrN4O3. The molecule has 0 saturated carbocycles. The molecule has 1 aliphatic rings. The quantitative estimate of drug-likeness (QED) is 0.720. The van der Waals surface area contributed by atoms with Gasteiger partial charge in [0, 0.05) is 5.56 Å². The highest BCUT2D eigenvalue weighted by Crippen LogP contribution is 2.44. The molecule has 2 aromatic rings. The Morgan fingerprint density at radius 3 is 2.66 bits per heavy atom. The zero-order chi connectivity index (χ0) is 21.3. The van der Waals surface area contributed by atoms with Crippen molar-refractivity contribution in [3.05, 3.63) is 56.2 Å². The third kappa shape index (κ3) is 3.58. The monoisotopic (exact) mass is 450 g/mol. The lowest BCUT2D eigenvalue weighted by molar-refractivity contribution is -0.139. The maximum atomic E-state index is 10.7. The van der Waals surface area contributed by atoms with Crippen molar-refractivity contribution < 1.29 is 14.6 Å². The Balaban J connectivity index is 2.13. The van der Waals surface area contributed by atoms with Gasteiger partial charge in [-0.25, -0.2) is 9.78 Å². The van der Waals surface area contributed by atoms with Gasteiger partial charge in [-0.1, -0.05) is 6.07 Å². The average molecular weight is 451 g/mol. The molecule has 3 rings (SSSR count). The fraction of sp³-hybridized carbons (Fsp3) is 0.143. The summed E-state index contributed by atoms with van der Waals surface area (Å²) in [7, 11) is 0. The normalized spacial score (nSPS) is 13.8. The molecule has 29 heavy (non-hydrogen) atoms. The van der Waals surface area contributed by atoms with Crippen LogP contribution in [0.25, 0.3) is 17.2 Å². The van der Waals surface area contributed by atoms with Gasteiger partial charge in [0.15, 0.2) is 6.61 Å². The number of pyridine rings is 1. The van der Waals surface area contributed by atoms with Gasteiger partial charge < -0.3 is 15.6 Å². The van der Waals surface area contributed by atoms with E-state index in [1.54, 1.807) is 25.1 Å². The van der Waals surface area contributed by atoms with Crippen molar-refractivity contribution in [1.29, 1.82) is 10.5 Å². The van der Waals surface area contributed by atoms with Crippen LogP contribution in [-0.4, -0.2) is 22.7 Å². The summed E-state index contributed by atoms with van der Waals surface area (Å²) in [4.78, 5) is 15.0. The lowest BCUT2D eigenvalue weighted by Gasteiger charge is -2.11. The number of aromatic nitrogens is 1. The van der Waals surface area contributed by atoms with Crippen molar-refractivity contribution in [2.75, 3.05) is 12.3 Å². The van der Waals surface area contributed by atoms with E-state index >= 15 is 0 Å². The van der Waals surface area contributed by atoms with Gasteiger partial charge in [0.2, 0.25) is 0 Å². The summed E-state index contributed by atoms with van der Waals surface area (Å²) in [5.41, 5.74) is 10.8. The van der Waals surface area contributed by atoms with Crippen LogP contribution in [0.5, 0.6) is 5.75 Å². The average Bonchev–Trinajstić information content (AvgIpc) is 2.92. The molecule has 1 aromatic heterocycles. The van der Waals surface area contributed by atoms with Crippen molar-refractivity contribution in [3.63, 3.8) is 0 Å². The number of carboxylic acids is 1. The summed E-state index contributed by atoms with van der Waals surface area (Å²) in [6, 6.07) is 9.48. The number of fused-ring (bicyclic) bond motifs is 1. The summed E-state index contributed by atoms with van der Waals surface area (Å²) < 4.78 is 5.81. The number of halogens is 1. The Morgan fingerprint density at radius 2 is 2.07 bits per heavy atom. The molecule has 7 nitrogen and oxygen atoms in total. The van der Waals surface area contributed by atoms with Crippen LogP contribution in [0.3, 0.4) is 0 Å². The van der Waals surface area contributed by atoms with E-state index in [-0.39, 0.29) is 5.82 Å². The maximum Gasteiger partial charge on any atom is 0.341 e. The smallest absolute Gasteiger partial charge is 0.341 e. The lowest BCUT2D eigenvalue weighted by Crippen LogP contribution is -2.09. The Hall–Kier alpha value is -3.62. The predicted molar refractivity (Wildman–Crippen MR) is 111 cm³/mol. The van der Waals surface area contributed by atoms with Gasteiger partial charge >= 0.3 is 5.97 Å². The highest BCUT2D eigenvalue weighted by molar-refractivity contribution is 9.10. The Bertz CT molecular complexity index is 1200. The third-order valence-electron chi connectivity index (χ3n) is 4.60. The van der Waals surface area contributed by atoms with Crippen molar-refractivity contribution >= 4 is 44.9 Å². The Kier molecular flexibility index (Phi) is 5.40. The molecule has 0 spiro atoms. The highest BCUT2D eigenvalue weighted by Gasteiger charge is 2.29. The summed E-state index contributed by atoms with van der Waals surface area (Å²) in [5.74, 6) is -0.553. The SMILES string of the molecule is CC1=C(C#N)c2nc(N)c(C#N)c(C)c2/C1=C\c1ccc(OCC(=O)O)c(Br)c1. The molecule has 0 unspecified atom stereocenters. The molecule has 0 amide bonds. The molecule has 0 fully saturated rings. The molecule has 0 atom stereocenters. The molecule has 0 bridgehead atoms. The second-order valence-electron chi connectivity index (χ2n) is 6.37. The molecule has 0 aliphatic heterocycles. The van der Waals surface area contributed by atoms with Crippen LogP contribution in [0.4, 0.5) is 5.82 Å². The van der Waals surface area contributed by atoms with Gasteiger partial charge in [-0.05, 0) is 70.3 Å². The van der Waals surface area contributed by atoms with Crippen LogP contribution in [0.15, 0.2) is 28.2 Å². The molecule has 3 N–H and O–H groups in total. The molecule has 144 valence electrons. The molecule has 8 heteroatoms. The zero-order valence-corrected chi connectivity index (χ0v) is 17.2. The first kappa shape index (κ1) is 20.1. The fourth-order valence-corrected chi connectivity index (χ4v) is 3.74. The predicted octanol–water partition coefficient (Wildman–Crippen LogP) is 3.92. The number of ether oxygens (including phenoxy) is 1. The standard InChI is InChI=1S/C21H15BrN4O3/c1-10-13(5-12-3-4-17(16(22)6-12)29-9-18(27)28)19-11(2)15(8-24)21(25)26-20(19)14(10)7-23/h3-6H,9H2,1-2H3,(H2,25,26)(H,27,28)/b13-5-. The number of carbonyl (C=O) groups is 1. The molecule has 1 aliphatic carbocycles. The first-order valence-corrected chi connectivity index (χ1v) is 9.25. The second kappa shape index (κ2) is 7.78. The number of benzene rings is 1. The van der Waals surface area contributed by atoms with Crippen LogP contribution < -0.4 is 10.5 Å². The minimum atomic E-state index is -1.06. The van der Waals surface area contributed by atoms with E-state index in [9.17, 15) is 15.3 Å². The number of anilines is 1. The van der Waals surface area contributed by atoms with Gasteiger partial charge in [-0.2, -0.15) is 10.5 Å². The first-order valence-electron chi connectivity index (χ1n) is 8.46. The number of nitrogens with zero attached hydrogens (tertiary/aromatic N) is 3. The van der Waals surface area contributed by atoms with Crippen LogP contribution in [0, 0.1) is 29.6 Å². The lowest BCUT2D eigenvalue weighted by atomic mass is 9.95. The number of rotatable bonds is 4.